The molecule has 1 rings (SSSR count). The Balaban J connectivity index is 2.28. The number of hydrogen-bond donors (Lipinski definition) is 2. The first-order valence-electron chi connectivity index (χ1n) is 4.08. The Morgan fingerprint density at radius 1 is 1.46 bits per heavy atom. The molecule has 0 radical (unpaired) electrons. The van der Waals surface area contributed by atoms with Gasteiger partial charge in [0.05, 0.1) is 6.61 Å². The molecular formula is C9H12FNO2. The smallest absolute Gasteiger partial charge is 0.126 e. The van der Waals surface area contributed by atoms with Crippen LogP contribution in [-0.4, -0.2) is 18.4 Å². The van der Waals surface area contributed by atoms with Gasteiger partial charge in [-0.15, -0.1) is 0 Å². The summed E-state index contributed by atoms with van der Waals surface area (Å²) in [5, 5.41) is 8.24. The topological polar surface area (TPSA) is 41.5 Å². The first-order chi connectivity index (χ1) is 6.33. The highest BCUT2D eigenvalue weighted by molar-refractivity contribution is 5.22. The van der Waals surface area contributed by atoms with Crippen LogP contribution in [0.2, 0.25) is 0 Å². The van der Waals surface area contributed by atoms with Gasteiger partial charge in [0.1, 0.15) is 11.6 Å². The molecule has 1 aromatic rings. The average molecular weight is 185 g/mol. The minimum absolute atomic E-state index is 0.308. The maximum absolute atomic E-state index is 12.6. The highest BCUT2D eigenvalue weighted by Gasteiger charge is 1.94. The highest BCUT2D eigenvalue weighted by atomic mass is 19.1. The number of nitrogens with one attached hydrogen (secondary N) is 1. The molecule has 0 aliphatic carbocycles. The van der Waals surface area contributed by atoms with Crippen LogP contribution in [-0.2, 0) is 0 Å². The Labute approximate surface area is 76.1 Å². The molecule has 72 valence electrons. The van der Waals surface area contributed by atoms with Crippen LogP contribution in [0, 0.1) is 5.82 Å². The first kappa shape index (κ1) is 9.95. The molecule has 0 aliphatic rings. The molecule has 0 fully saturated rings. The normalized spacial score (nSPS) is 10.0. The van der Waals surface area contributed by atoms with Gasteiger partial charge in [-0.1, -0.05) is 6.07 Å². The van der Waals surface area contributed by atoms with Crippen molar-refractivity contribution in [1.29, 1.82) is 0 Å². The van der Waals surface area contributed by atoms with Crippen molar-refractivity contribution >= 4 is 0 Å². The third-order valence-corrected chi connectivity index (χ3v) is 1.50. The summed E-state index contributed by atoms with van der Waals surface area (Å²) in [6.45, 7) is 0.923. The van der Waals surface area contributed by atoms with Gasteiger partial charge in [0.25, 0.3) is 0 Å². The summed E-state index contributed by atoms with van der Waals surface area (Å²) >= 11 is 0. The third kappa shape index (κ3) is 3.87. The van der Waals surface area contributed by atoms with Crippen LogP contribution < -0.4 is 10.2 Å². The summed E-state index contributed by atoms with van der Waals surface area (Å²) in [5.41, 5.74) is 2.01. The standard InChI is InChI=1S/C9H12FNO2/c10-8-3-1-4-9(7-8)13-6-2-5-11-12/h1,3-4,7,11-12H,2,5-6H2. The summed E-state index contributed by atoms with van der Waals surface area (Å²) in [5.74, 6) is 0.204. The van der Waals surface area contributed by atoms with Crippen LogP contribution in [0.25, 0.3) is 0 Å². The maximum Gasteiger partial charge on any atom is 0.126 e. The van der Waals surface area contributed by atoms with E-state index in [0.29, 0.717) is 25.3 Å². The van der Waals surface area contributed by atoms with Crippen LogP contribution in [0.4, 0.5) is 4.39 Å². The van der Waals surface area contributed by atoms with Gasteiger partial charge >= 0.3 is 0 Å². The monoisotopic (exact) mass is 185 g/mol. The second-order valence-electron chi connectivity index (χ2n) is 2.57. The van der Waals surface area contributed by atoms with Gasteiger partial charge < -0.3 is 9.94 Å². The summed E-state index contributed by atoms with van der Waals surface area (Å²) in [7, 11) is 0. The predicted molar refractivity (Wildman–Crippen MR) is 46.3 cm³/mol. The summed E-state index contributed by atoms with van der Waals surface area (Å²) in [6.07, 6.45) is 0.674. The number of rotatable bonds is 5. The van der Waals surface area contributed by atoms with Crippen molar-refractivity contribution in [2.24, 2.45) is 0 Å². The second-order valence-corrected chi connectivity index (χ2v) is 2.57. The van der Waals surface area contributed by atoms with Crippen molar-refractivity contribution < 1.29 is 14.3 Å². The molecule has 13 heavy (non-hydrogen) atoms. The van der Waals surface area contributed by atoms with E-state index in [1.165, 1.54) is 12.1 Å². The van der Waals surface area contributed by atoms with E-state index in [9.17, 15) is 4.39 Å². The number of hydroxylamine groups is 1. The minimum Gasteiger partial charge on any atom is -0.493 e. The van der Waals surface area contributed by atoms with E-state index in [4.69, 9.17) is 9.94 Å². The number of halogens is 1. The minimum atomic E-state index is -0.308. The van der Waals surface area contributed by atoms with Crippen molar-refractivity contribution in [2.45, 2.75) is 6.42 Å². The van der Waals surface area contributed by atoms with E-state index >= 15 is 0 Å². The van der Waals surface area contributed by atoms with Gasteiger partial charge in [0, 0.05) is 12.6 Å². The lowest BCUT2D eigenvalue weighted by molar-refractivity contribution is 0.157. The van der Waals surface area contributed by atoms with Gasteiger partial charge in [-0.25, -0.2) is 9.87 Å². The number of hydrogen-bond acceptors (Lipinski definition) is 3. The zero-order chi connectivity index (χ0) is 9.52. The van der Waals surface area contributed by atoms with E-state index in [1.807, 2.05) is 5.48 Å². The second kappa shape index (κ2) is 5.50. The quantitative estimate of drug-likeness (QED) is 0.540. The van der Waals surface area contributed by atoms with Crippen LogP contribution in [0.3, 0.4) is 0 Å². The van der Waals surface area contributed by atoms with Gasteiger partial charge in [-0.3, -0.25) is 0 Å². The lowest BCUT2D eigenvalue weighted by Gasteiger charge is -2.04. The molecule has 0 spiro atoms. The Morgan fingerprint density at radius 2 is 2.31 bits per heavy atom. The molecule has 1 aromatic carbocycles. The molecule has 0 aromatic heterocycles. The molecule has 0 unspecified atom stereocenters. The van der Waals surface area contributed by atoms with E-state index in [1.54, 1.807) is 12.1 Å². The van der Waals surface area contributed by atoms with Crippen molar-refractivity contribution in [3.8, 4) is 5.75 Å². The molecule has 0 aliphatic heterocycles. The number of benzene rings is 1. The van der Waals surface area contributed by atoms with E-state index in [2.05, 4.69) is 0 Å². The molecule has 0 amide bonds. The Bertz CT molecular complexity index is 255. The fraction of sp³-hybridized carbons (Fsp3) is 0.333. The van der Waals surface area contributed by atoms with Gasteiger partial charge in [0.2, 0.25) is 0 Å². The SMILES string of the molecule is ONCCCOc1cccc(F)c1. The number of ether oxygens (including phenoxy) is 1. The molecular weight excluding hydrogens is 173 g/mol. The molecule has 3 nitrogen and oxygen atoms in total. The summed E-state index contributed by atoms with van der Waals surface area (Å²) in [4.78, 5) is 0. The summed E-state index contributed by atoms with van der Waals surface area (Å²) in [6, 6.07) is 5.97. The highest BCUT2D eigenvalue weighted by Crippen LogP contribution is 2.11. The third-order valence-electron chi connectivity index (χ3n) is 1.50. The molecule has 2 N–H and O–H groups in total. The van der Waals surface area contributed by atoms with Crippen molar-refractivity contribution in [3.05, 3.63) is 30.1 Å². The fourth-order valence-corrected chi connectivity index (χ4v) is 0.898. The Hall–Kier alpha value is -1.13. The molecule has 0 saturated carbocycles. The molecule has 0 atom stereocenters. The van der Waals surface area contributed by atoms with Gasteiger partial charge in [0.15, 0.2) is 0 Å². The van der Waals surface area contributed by atoms with Crippen molar-refractivity contribution in [1.82, 2.24) is 5.48 Å². The van der Waals surface area contributed by atoms with E-state index < -0.39 is 0 Å². The Morgan fingerprint density at radius 3 is 3.00 bits per heavy atom. The largest absolute Gasteiger partial charge is 0.493 e. The van der Waals surface area contributed by atoms with E-state index in [0.717, 1.165) is 0 Å². The molecule has 0 bridgehead atoms. The van der Waals surface area contributed by atoms with Gasteiger partial charge in [-0.2, -0.15) is 0 Å². The van der Waals surface area contributed by atoms with Crippen LogP contribution in [0.15, 0.2) is 24.3 Å². The lowest BCUT2D eigenvalue weighted by Crippen LogP contribution is -2.12. The van der Waals surface area contributed by atoms with Crippen molar-refractivity contribution in [3.63, 3.8) is 0 Å². The maximum atomic E-state index is 12.6. The molecule has 0 heterocycles. The summed E-state index contributed by atoms with van der Waals surface area (Å²) < 4.78 is 17.8. The van der Waals surface area contributed by atoms with E-state index in [-0.39, 0.29) is 5.82 Å². The van der Waals surface area contributed by atoms with Crippen LogP contribution in [0.1, 0.15) is 6.42 Å². The lowest BCUT2D eigenvalue weighted by atomic mass is 10.3. The predicted octanol–water partition coefficient (Wildman–Crippen LogP) is 1.57. The molecule has 0 saturated heterocycles. The Kier molecular flexibility index (Phi) is 4.21. The first-order valence-corrected chi connectivity index (χ1v) is 4.08. The van der Waals surface area contributed by atoms with Crippen molar-refractivity contribution in [2.75, 3.05) is 13.2 Å². The zero-order valence-corrected chi connectivity index (χ0v) is 7.16. The van der Waals surface area contributed by atoms with Crippen LogP contribution in [0.5, 0.6) is 5.75 Å². The zero-order valence-electron chi connectivity index (χ0n) is 7.16. The average Bonchev–Trinajstić information content (AvgIpc) is 2.13. The fourth-order valence-electron chi connectivity index (χ4n) is 0.898. The molecule has 4 heteroatoms. The van der Waals surface area contributed by atoms with Crippen LogP contribution >= 0.6 is 0 Å². The van der Waals surface area contributed by atoms with Gasteiger partial charge in [-0.05, 0) is 18.6 Å².